The first-order valence-electron chi connectivity index (χ1n) is 9.67. The Labute approximate surface area is 163 Å². The van der Waals surface area contributed by atoms with Crippen molar-refractivity contribution in [2.45, 2.75) is 38.1 Å². The van der Waals surface area contributed by atoms with E-state index in [-0.39, 0.29) is 18.4 Å². The maximum atomic E-state index is 12.5. The Morgan fingerprint density at radius 1 is 1.07 bits per heavy atom. The molecule has 1 atom stereocenters. The van der Waals surface area contributed by atoms with Gasteiger partial charge in [0.2, 0.25) is 5.91 Å². The number of imide groups is 1. The molecule has 2 aromatic carbocycles. The minimum Gasteiger partial charge on any atom is -0.326 e. The summed E-state index contributed by atoms with van der Waals surface area (Å²) >= 11 is 0. The number of carbonyl (C=O) groups is 3. The Balaban J connectivity index is 1.33. The van der Waals surface area contributed by atoms with Gasteiger partial charge in [-0.05, 0) is 60.9 Å². The Morgan fingerprint density at radius 2 is 1.86 bits per heavy atom. The van der Waals surface area contributed by atoms with Crippen LogP contribution in [0.1, 0.15) is 29.5 Å². The number of rotatable bonds is 6. The van der Waals surface area contributed by atoms with Gasteiger partial charge in [0.05, 0.1) is 0 Å². The van der Waals surface area contributed by atoms with Crippen molar-refractivity contribution in [3.63, 3.8) is 0 Å². The molecule has 144 valence electrons. The Bertz CT molecular complexity index is 910. The summed E-state index contributed by atoms with van der Waals surface area (Å²) in [6.07, 6.45) is 4.44. The van der Waals surface area contributed by atoms with Crippen molar-refractivity contribution in [2.75, 3.05) is 11.9 Å². The SMILES string of the molecule is O=C(CN1C(=O)N[C@H](CCc2ccccc2)C1=O)Nc1ccc2c(c1)CCC2. The zero-order valence-corrected chi connectivity index (χ0v) is 15.6. The summed E-state index contributed by atoms with van der Waals surface area (Å²) < 4.78 is 0. The summed E-state index contributed by atoms with van der Waals surface area (Å²) in [7, 11) is 0. The highest BCUT2D eigenvalue weighted by Gasteiger charge is 2.38. The maximum Gasteiger partial charge on any atom is 0.325 e. The first-order valence-corrected chi connectivity index (χ1v) is 9.67. The van der Waals surface area contributed by atoms with Crippen LogP contribution in [0.15, 0.2) is 48.5 Å². The lowest BCUT2D eigenvalue weighted by molar-refractivity contribution is -0.130. The van der Waals surface area contributed by atoms with Gasteiger partial charge >= 0.3 is 6.03 Å². The van der Waals surface area contributed by atoms with Crippen LogP contribution in [0.2, 0.25) is 0 Å². The van der Waals surface area contributed by atoms with Gasteiger partial charge in [0.15, 0.2) is 0 Å². The molecule has 4 rings (SSSR count). The summed E-state index contributed by atoms with van der Waals surface area (Å²) in [4.78, 5) is 38.1. The molecule has 0 saturated carbocycles. The Kier molecular flexibility index (Phi) is 5.10. The molecular formula is C22H23N3O3. The predicted molar refractivity (Wildman–Crippen MR) is 106 cm³/mol. The van der Waals surface area contributed by atoms with Crippen LogP contribution in [0.25, 0.3) is 0 Å². The molecule has 1 aliphatic heterocycles. The highest BCUT2D eigenvalue weighted by atomic mass is 16.2. The standard InChI is InChI=1S/C22H23N3O3/c26-20(23-18-11-10-16-7-4-8-17(16)13-18)14-25-21(27)19(24-22(25)28)12-9-15-5-2-1-3-6-15/h1-3,5-6,10-11,13,19H,4,7-9,12,14H2,(H,23,26)(H,24,28)/t19-/m1/s1. The van der Waals surface area contributed by atoms with E-state index in [1.165, 1.54) is 11.1 Å². The van der Waals surface area contributed by atoms with Gasteiger partial charge in [0.1, 0.15) is 12.6 Å². The van der Waals surface area contributed by atoms with Gasteiger partial charge in [0.25, 0.3) is 5.91 Å². The Morgan fingerprint density at radius 3 is 2.68 bits per heavy atom. The molecule has 2 N–H and O–H groups in total. The molecule has 4 amide bonds. The first kappa shape index (κ1) is 18.2. The number of aryl methyl sites for hydroxylation is 3. The van der Waals surface area contributed by atoms with Crippen LogP contribution in [0.4, 0.5) is 10.5 Å². The molecule has 0 unspecified atom stereocenters. The lowest BCUT2D eigenvalue weighted by Gasteiger charge is -2.13. The second-order valence-electron chi connectivity index (χ2n) is 7.34. The first-order chi connectivity index (χ1) is 13.6. The van der Waals surface area contributed by atoms with Crippen LogP contribution < -0.4 is 10.6 Å². The fraction of sp³-hybridized carbons (Fsp3) is 0.318. The molecule has 0 aromatic heterocycles. The van der Waals surface area contributed by atoms with E-state index in [1.807, 2.05) is 48.5 Å². The zero-order valence-electron chi connectivity index (χ0n) is 15.6. The molecule has 2 aliphatic rings. The minimum absolute atomic E-state index is 0.274. The molecule has 1 aliphatic carbocycles. The van der Waals surface area contributed by atoms with E-state index in [2.05, 4.69) is 10.6 Å². The van der Waals surface area contributed by atoms with Crippen LogP contribution in [0, 0.1) is 0 Å². The third kappa shape index (κ3) is 3.91. The van der Waals surface area contributed by atoms with Crippen molar-refractivity contribution in [2.24, 2.45) is 0 Å². The molecule has 6 nitrogen and oxygen atoms in total. The predicted octanol–water partition coefficient (Wildman–Crippen LogP) is 2.67. The third-order valence-corrected chi connectivity index (χ3v) is 5.36. The lowest BCUT2D eigenvalue weighted by Crippen LogP contribution is -2.38. The minimum atomic E-state index is -0.583. The number of hydrogen-bond donors (Lipinski definition) is 2. The van der Waals surface area contributed by atoms with Crippen LogP contribution in [0.5, 0.6) is 0 Å². The van der Waals surface area contributed by atoms with Crippen LogP contribution in [-0.2, 0) is 28.9 Å². The molecule has 1 heterocycles. The molecule has 6 heteroatoms. The normalized spacial score (nSPS) is 18.1. The summed E-state index contributed by atoms with van der Waals surface area (Å²) in [6.45, 7) is -0.274. The van der Waals surface area contributed by atoms with Gasteiger partial charge < -0.3 is 10.6 Å². The summed E-state index contributed by atoms with van der Waals surface area (Å²) in [5.41, 5.74) is 4.40. The van der Waals surface area contributed by atoms with Crippen molar-refractivity contribution in [3.8, 4) is 0 Å². The monoisotopic (exact) mass is 377 g/mol. The average Bonchev–Trinajstić information content (AvgIpc) is 3.26. The third-order valence-electron chi connectivity index (χ3n) is 5.36. The van der Waals surface area contributed by atoms with Gasteiger partial charge in [-0.1, -0.05) is 36.4 Å². The maximum absolute atomic E-state index is 12.5. The number of carbonyl (C=O) groups excluding carboxylic acids is 3. The van der Waals surface area contributed by atoms with Gasteiger partial charge in [-0.3, -0.25) is 14.5 Å². The van der Waals surface area contributed by atoms with Crippen molar-refractivity contribution < 1.29 is 14.4 Å². The summed E-state index contributed by atoms with van der Waals surface area (Å²) in [5, 5.41) is 5.48. The van der Waals surface area contributed by atoms with E-state index in [0.29, 0.717) is 18.5 Å². The number of hydrogen-bond acceptors (Lipinski definition) is 3. The Hall–Kier alpha value is -3.15. The second-order valence-corrected chi connectivity index (χ2v) is 7.34. The molecule has 28 heavy (non-hydrogen) atoms. The van der Waals surface area contributed by atoms with E-state index < -0.39 is 12.1 Å². The molecule has 1 fully saturated rings. The number of benzene rings is 2. The number of fused-ring (bicyclic) bond motifs is 1. The summed E-state index contributed by atoms with van der Waals surface area (Å²) in [5.74, 6) is -0.713. The number of nitrogens with one attached hydrogen (secondary N) is 2. The fourth-order valence-electron chi connectivity index (χ4n) is 3.87. The van der Waals surface area contributed by atoms with Gasteiger partial charge in [-0.15, -0.1) is 0 Å². The van der Waals surface area contributed by atoms with Gasteiger partial charge in [-0.25, -0.2) is 4.79 Å². The number of anilines is 1. The smallest absolute Gasteiger partial charge is 0.325 e. The van der Waals surface area contributed by atoms with Gasteiger partial charge in [0, 0.05) is 5.69 Å². The highest BCUT2D eigenvalue weighted by Crippen LogP contribution is 2.25. The fourth-order valence-corrected chi connectivity index (χ4v) is 3.87. The van der Waals surface area contributed by atoms with Crippen molar-refractivity contribution in [1.29, 1.82) is 0 Å². The largest absolute Gasteiger partial charge is 0.326 e. The van der Waals surface area contributed by atoms with E-state index in [9.17, 15) is 14.4 Å². The van der Waals surface area contributed by atoms with E-state index >= 15 is 0 Å². The zero-order chi connectivity index (χ0) is 19.5. The average molecular weight is 377 g/mol. The highest BCUT2D eigenvalue weighted by molar-refractivity contribution is 6.07. The summed E-state index contributed by atoms with van der Waals surface area (Å²) in [6, 6.07) is 14.6. The number of amides is 4. The molecule has 0 spiro atoms. The van der Waals surface area contributed by atoms with E-state index in [4.69, 9.17) is 0 Å². The molecule has 1 saturated heterocycles. The molecule has 0 bridgehead atoms. The van der Waals surface area contributed by atoms with E-state index in [0.717, 1.165) is 29.7 Å². The van der Waals surface area contributed by atoms with Crippen LogP contribution >= 0.6 is 0 Å². The quantitative estimate of drug-likeness (QED) is 0.760. The number of nitrogens with zero attached hydrogens (tertiary/aromatic N) is 1. The molecule has 2 aromatic rings. The van der Waals surface area contributed by atoms with Crippen LogP contribution in [0.3, 0.4) is 0 Å². The molecule has 0 radical (unpaired) electrons. The number of urea groups is 1. The van der Waals surface area contributed by atoms with Crippen molar-refractivity contribution in [3.05, 3.63) is 65.2 Å². The van der Waals surface area contributed by atoms with Crippen molar-refractivity contribution >= 4 is 23.5 Å². The molecular weight excluding hydrogens is 354 g/mol. The second kappa shape index (κ2) is 7.84. The topological polar surface area (TPSA) is 78.5 Å². The van der Waals surface area contributed by atoms with E-state index in [1.54, 1.807) is 0 Å². The van der Waals surface area contributed by atoms with Gasteiger partial charge in [-0.2, -0.15) is 0 Å². The van der Waals surface area contributed by atoms with Crippen molar-refractivity contribution in [1.82, 2.24) is 10.2 Å². The lowest BCUT2D eigenvalue weighted by atomic mass is 10.1. The van der Waals surface area contributed by atoms with Crippen LogP contribution in [-0.4, -0.2) is 35.3 Å².